The van der Waals surface area contributed by atoms with Gasteiger partial charge < -0.3 is 29.0 Å². The molecule has 1 aliphatic heterocycles. The molecule has 2 aromatic carbocycles. The highest BCUT2D eigenvalue weighted by Gasteiger charge is 2.35. The molecule has 2 aromatic rings. The van der Waals surface area contributed by atoms with E-state index in [1.807, 2.05) is 24.3 Å². The van der Waals surface area contributed by atoms with Gasteiger partial charge in [0.2, 0.25) is 0 Å². The first-order chi connectivity index (χ1) is 15.5. The van der Waals surface area contributed by atoms with Crippen LogP contribution in [0.3, 0.4) is 0 Å². The summed E-state index contributed by atoms with van der Waals surface area (Å²) in [5.41, 5.74) is 1.36. The van der Waals surface area contributed by atoms with E-state index in [1.165, 1.54) is 14.2 Å². The van der Waals surface area contributed by atoms with E-state index in [-0.39, 0.29) is 17.9 Å². The number of nitrogens with one attached hydrogen (secondary N) is 1. The lowest BCUT2D eigenvalue weighted by Crippen LogP contribution is -2.44. The summed E-state index contributed by atoms with van der Waals surface area (Å²) in [6.45, 7) is 1.51. The lowest BCUT2D eigenvalue weighted by atomic mass is 9.74. The summed E-state index contributed by atoms with van der Waals surface area (Å²) in [7, 11) is 4.40. The smallest absolute Gasteiger partial charge is 0.343 e. The first kappa shape index (κ1) is 23.4. The van der Waals surface area contributed by atoms with Crippen LogP contribution < -0.4 is 19.5 Å². The fourth-order valence-corrected chi connectivity index (χ4v) is 3.75. The molecule has 0 saturated carbocycles. The quantitative estimate of drug-likeness (QED) is 0.596. The molecule has 1 N–H and O–H groups in total. The van der Waals surface area contributed by atoms with E-state index < -0.39 is 5.97 Å². The Morgan fingerprint density at radius 1 is 0.969 bits per heavy atom. The van der Waals surface area contributed by atoms with Gasteiger partial charge in [0.15, 0.2) is 18.1 Å². The minimum Gasteiger partial charge on any atom is -0.497 e. The Morgan fingerprint density at radius 2 is 1.69 bits per heavy atom. The van der Waals surface area contributed by atoms with Crippen molar-refractivity contribution in [2.24, 2.45) is 0 Å². The number of esters is 1. The zero-order chi connectivity index (χ0) is 23.0. The van der Waals surface area contributed by atoms with E-state index in [0.29, 0.717) is 36.8 Å². The van der Waals surface area contributed by atoms with Gasteiger partial charge in [-0.2, -0.15) is 0 Å². The molecule has 0 aliphatic carbocycles. The molecular weight excluding hydrogens is 414 g/mol. The van der Waals surface area contributed by atoms with Crippen molar-refractivity contribution >= 4 is 11.9 Å². The van der Waals surface area contributed by atoms with E-state index in [9.17, 15) is 9.59 Å². The van der Waals surface area contributed by atoms with Crippen LogP contribution in [0, 0.1) is 0 Å². The van der Waals surface area contributed by atoms with Crippen LogP contribution in [0.2, 0.25) is 0 Å². The number of ether oxygens (including phenoxy) is 5. The second kappa shape index (κ2) is 10.9. The van der Waals surface area contributed by atoms with E-state index >= 15 is 0 Å². The van der Waals surface area contributed by atoms with Gasteiger partial charge in [0.25, 0.3) is 5.91 Å². The molecule has 172 valence electrons. The van der Waals surface area contributed by atoms with Crippen molar-refractivity contribution in [2.75, 3.05) is 47.7 Å². The molecule has 8 heteroatoms. The number of hydrogen-bond donors (Lipinski definition) is 1. The molecule has 1 amide bonds. The molecule has 0 radical (unpaired) electrons. The molecular formula is C24H29NO7. The molecule has 1 saturated heterocycles. The van der Waals surface area contributed by atoms with Gasteiger partial charge in [-0.05, 0) is 48.7 Å². The molecule has 0 bridgehead atoms. The van der Waals surface area contributed by atoms with E-state index in [0.717, 1.165) is 24.2 Å². The Kier molecular flexibility index (Phi) is 7.94. The minimum atomic E-state index is -0.505. The van der Waals surface area contributed by atoms with Gasteiger partial charge >= 0.3 is 5.97 Å². The summed E-state index contributed by atoms with van der Waals surface area (Å²) in [5.74, 6) is 0.782. The summed E-state index contributed by atoms with van der Waals surface area (Å²) in [4.78, 5) is 24.2. The third-order valence-electron chi connectivity index (χ3n) is 5.74. The molecule has 1 aliphatic rings. The first-order valence-electron chi connectivity index (χ1n) is 10.4. The van der Waals surface area contributed by atoms with Crippen molar-refractivity contribution in [2.45, 2.75) is 18.3 Å². The summed E-state index contributed by atoms with van der Waals surface area (Å²) in [5, 5.41) is 3.07. The highest BCUT2D eigenvalue weighted by atomic mass is 16.6. The number of carbonyl (C=O) groups is 2. The van der Waals surface area contributed by atoms with Crippen LogP contribution in [0.1, 0.15) is 28.8 Å². The zero-order valence-electron chi connectivity index (χ0n) is 18.6. The molecule has 1 heterocycles. The Hall–Kier alpha value is -3.26. The Bertz CT molecular complexity index is 920. The van der Waals surface area contributed by atoms with Crippen molar-refractivity contribution < 1.29 is 33.3 Å². The Labute approximate surface area is 187 Å². The molecule has 1 fully saturated rings. The summed E-state index contributed by atoms with van der Waals surface area (Å²) < 4.78 is 26.1. The van der Waals surface area contributed by atoms with E-state index in [1.54, 1.807) is 25.3 Å². The van der Waals surface area contributed by atoms with Crippen LogP contribution in [0.15, 0.2) is 42.5 Å². The molecule has 3 rings (SSSR count). The van der Waals surface area contributed by atoms with Crippen LogP contribution in [-0.4, -0.2) is 59.6 Å². The zero-order valence-corrected chi connectivity index (χ0v) is 18.6. The van der Waals surface area contributed by atoms with Crippen molar-refractivity contribution in [3.63, 3.8) is 0 Å². The fraction of sp³-hybridized carbons (Fsp3) is 0.417. The van der Waals surface area contributed by atoms with Crippen LogP contribution in [0.25, 0.3) is 0 Å². The average molecular weight is 443 g/mol. The molecule has 32 heavy (non-hydrogen) atoms. The van der Waals surface area contributed by atoms with Crippen LogP contribution in [0.4, 0.5) is 0 Å². The second-order valence-corrected chi connectivity index (χ2v) is 7.53. The van der Waals surface area contributed by atoms with Crippen molar-refractivity contribution in [1.82, 2.24) is 5.32 Å². The summed E-state index contributed by atoms with van der Waals surface area (Å²) in [6.07, 6.45) is 1.62. The normalized spacial score (nSPS) is 14.8. The van der Waals surface area contributed by atoms with Gasteiger partial charge in [-0.25, -0.2) is 4.79 Å². The molecule has 0 atom stereocenters. The lowest BCUT2D eigenvalue weighted by molar-refractivity contribution is -0.142. The summed E-state index contributed by atoms with van der Waals surface area (Å²) >= 11 is 0. The van der Waals surface area contributed by atoms with Gasteiger partial charge in [0.1, 0.15) is 5.75 Å². The molecule has 0 unspecified atom stereocenters. The van der Waals surface area contributed by atoms with Crippen LogP contribution >= 0.6 is 0 Å². The van der Waals surface area contributed by atoms with E-state index in [4.69, 9.17) is 18.9 Å². The number of amides is 1. The minimum absolute atomic E-state index is 0.214. The van der Waals surface area contributed by atoms with Crippen LogP contribution in [0.5, 0.6) is 17.2 Å². The van der Waals surface area contributed by atoms with Crippen molar-refractivity contribution in [1.29, 1.82) is 0 Å². The standard InChI is InChI=1S/C24H29NO7/c1-28-19-7-5-18(6-8-19)24(10-12-31-13-11-24)16-25-23(27)17-4-9-20(21(14-17)29-2)32-15-22(26)30-3/h4-9,14H,10-13,15-16H2,1-3H3,(H,25,27). The number of carbonyl (C=O) groups excluding carboxylic acids is 2. The highest BCUT2D eigenvalue weighted by Crippen LogP contribution is 2.35. The van der Waals surface area contributed by atoms with Gasteiger partial charge in [-0.1, -0.05) is 12.1 Å². The average Bonchev–Trinajstić information content (AvgIpc) is 2.86. The molecule has 0 aromatic heterocycles. The van der Waals surface area contributed by atoms with E-state index in [2.05, 4.69) is 10.1 Å². The topological polar surface area (TPSA) is 92.3 Å². The number of rotatable bonds is 9. The number of hydrogen-bond acceptors (Lipinski definition) is 7. The van der Waals surface area contributed by atoms with Gasteiger partial charge in [-0.15, -0.1) is 0 Å². The maximum absolute atomic E-state index is 12.9. The third-order valence-corrected chi connectivity index (χ3v) is 5.74. The van der Waals surface area contributed by atoms with Gasteiger partial charge in [-0.3, -0.25) is 4.79 Å². The predicted molar refractivity (Wildman–Crippen MR) is 118 cm³/mol. The molecule has 8 nitrogen and oxygen atoms in total. The van der Waals surface area contributed by atoms with Gasteiger partial charge in [0.05, 0.1) is 21.3 Å². The Balaban J connectivity index is 1.72. The summed E-state index contributed by atoms with van der Waals surface area (Å²) in [6, 6.07) is 12.8. The largest absolute Gasteiger partial charge is 0.497 e. The second-order valence-electron chi connectivity index (χ2n) is 7.53. The predicted octanol–water partition coefficient (Wildman–Crippen LogP) is 2.73. The maximum Gasteiger partial charge on any atom is 0.343 e. The fourth-order valence-electron chi connectivity index (χ4n) is 3.75. The monoisotopic (exact) mass is 443 g/mol. The lowest BCUT2D eigenvalue weighted by Gasteiger charge is -2.38. The van der Waals surface area contributed by atoms with Crippen molar-refractivity contribution in [3.8, 4) is 17.2 Å². The molecule has 0 spiro atoms. The highest BCUT2D eigenvalue weighted by molar-refractivity contribution is 5.95. The SMILES string of the molecule is COC(=O)COc1ccc(C(=O)NCC2(c3ccc(OC)cc3)CCOCC2)cc1OC. The van der Waals surface area contributed by atoms with Gasteiger partial charge in [0, 0.05) is 30.7 Å². The Morgan fingerprint density at radius 3 is 2.31 bits per heavy atom. The van der Waals surface area contributed by atoms with Crippen LogP contribution in [-0.2, 0) is 19.7 Å². The number of benzene rings is 2. The number of methoxy groups -OCH3 is 3. The van der Waals surface area contributed by atoms with Crippen molar-refractivity contribution in [3.05, 3.63) is 53.6 Å². The first-order valence-corrected chi connectivity index (χ1v) is 10.4. The third kappa shape index (κ3) is 5.50. The maximum atomic E-state index is 12.9.